The van der Waals surface area contributed by atoms with Crippen LogP contribution in [-0.4, -0.2) is 37.6 Å². The van der Waals surface area contributed by atoms with Crippen molar-refractivity contribution in [2.45, 2.75) is 39.2 Å². The Morgan fingerprint density at radius 1 is 1.03 bits per heavy atom. The Labute approximate surface area is 188 Å². The van der Waals surface area contributed by atoms with E-state index in [1.54, 1.807) is 29.2 Å². The first kappa shape index (κ1) is 21.5. The van der Waals surface area contributed by atoms with Gasteiger partial charge in [0.25, 0.3) is 0 Å². The lowest BCUT2D eigenvalue weighted by Crippen LogP contribution is -2.53. The van der Waals surface area contributed by atoms with Gasteiger partial charge in [-0.3, -0.25) is 4.79 Å². The van der Waals surface area contributed by atoms with Crippen molar-refractivity contribution in [1.82, 2.24) is 5.32 Å². The molecule has 6 nitrogen and oxygen atoms in total. The van der Waals surface area contributed by atoms with Gasteiger partial charge in [0.15, 0.2) is 0 Å². The Morgan fingerprint density at radius 2 is 1.71 bits per heavy atom. The summed E-state index contributed by atoms with van der Waals surface area (Å²) in [6.07, 6.45) is 2.65. The van der Waals surface area contributed by atoms with E-state index >= 15 is 0 Å². The van der Waals surface area contributed by atoms with Crippen LogP contribution in [-0.2, 0) is 4.79 Å². The summed E-state index contributed by atoms with van der Waals surface area (Å²) in [4.78, 5) is 29.6. The number of anilines is 3. The molecule has 4 rings (SSSR count). The minimum Gasteiger partial charge on any atom is -0.371 e. The number of rotatable bonds is 4. The molecule has 0 aromatic heterocycles. The molecule has 2 aromatic carbocycles. The van der Waals surface area contributed by atoms with Gasteiger partial charge >= 0.3 is 6.03 Å². The van der Waals surface area contributed by atoms with Gasteiger partial charge in [-0.25, -0.2) is 4.79 Å². The van der Waals surface area contributed by atoms with Gasteiger partial charge in [0.05, 0.1) is 0 Å². The molecule has 2 aliphatic rings. The first-order valence-corrected chi connectivity index (χ1v) is 11.2. The molecule has 2 N–H and O–H groups in total. The highest BCUT2D eigenvalue weighted by Crippen LogP contribution is 2.33. The first-order valence-electron chi connectivity index (χ1n) is 10.8. The van der Waals surface area contributed by atoms with Crippen LogP contribution in [0.5, 0.6) is 0 Å². The summed E-state index contributed by atoms with van der Waals surface area (Å²) in [5, 5.41) is 6.17. The molecular weight excluding hydrogens is 412 g/mol. The summed E-state index contributed by atoms with van der Waals surface area (Å²) in [5.41, 5.74) is 3.03. The normalized spacial score (nSPS) is 20.6. The quantitative estimate of drug-likeness (QED) is 0.711. The van der Waals surface area contributed by atoms with E-state index in [1.807, 2.05) is 12.1 Å². The zero-order valence-electron chi connectivity index (χ0n) is 18.0. The number of hydrogen-bond acceptors (Lipinski definition) is 3. The van der Waals surface area contributed by atoms with Crippen LogP contribution in [0.3, 0.4) is 0 Å². The average Bonchev–Trinajstić information content (AvgIpc) is 3.11. The van der Waals surface area contributed by atoms with E-state index in [1.165, 1.54) is 12.1 Å². The molecule has 1 unspecified atom stereocenters. The lowest BCUT2D eigenvalue weighted by molar-refractivity contribution is -0.121. The Kier molecular flexibility index (Phi) is 6.10. The van der Waals surface area contributed by atoms with Crippen LogP contribution >= 0.6 is 11.6 Å². The van der Waals surface area contributed by atoms with Gasteiger partial charge in [0.1, 0.15) is 6.04 Å². The number of carbonyl (C=O) groups is 2. The van der Waals surface area contributed by atoms with Crippen molar-refractivity contribution in [3.8, 4) is 0 Å². The predicted octanol–water partition coefficient (Wildman–Crippen LogP) is 4.89. The fraction of sp³-hybridized carbons (Fsp3) is 0.417. The van der Waals surface area contributed by atoms with Gasteiger partial charge in [-0.2, -0.15) is 0 Å². The van der Waals surface area contributed by atoms with Crippen LogP contribution in [0.2, 0.25) is 5.02 Å². The second kappa shape index (κ2) is 8.79. The van der Waals surface area contributed by atoms with E-state index in [2.05, 4.69) is 41.5 Å². The number of nitrogens with one attached hydrogen (secondary N) is 2. The summed E-state index contributed by atoms with van der Waals surface area (Å²) in [5.74, 6) is -0.0763. The van der Waals surface area contributed by atoms with E-state index in [4.69, 9.17) is 11.6 Å². The van der Waals surface area contributed by atoms with E-state index < -0.39 is 12.1 Å². The molecule has 2 aliphatic heterocycles. The van der Waals surface area contributed by atoms with E-state index in [0.29, 0.717) is 29.1 Å². The van der Waals surface area contributed by atoms with Crippen LogP contribution < -0.4 is 20.4 Å². The van der Waals surface area contributed by atoms with Crippen LogP contribution in [0.25, 0.3) is 0 Å². The maximum absolute atomic E-state index is 13.0. The maximum atomic E-state index is 13.0. The number of piperidine rings is 1. The molecule has 2 fully saturated rings. The minimum atomic E-state index is -0.542. The van der Waals surface area contributed by atoms with Crippen molar-refractivity contribution in [2.24, 2.45) is 5.41 Å². The molecule has 2 saturated heterocycles. The van der Waals surface area contributed by atoms with Gasteiger partial charge in [0, 0.05) is 41.7 Å². The average molecular weight is 441 g/mol. The van der Waals surface area contributed by atoms with Gasteiger partial charge in [-0.1, -0.05) is 25.4 Å². The number of hydrogen-bond donors (Lipinski definition) is 2. The molecule has 0 saturated carbocycles. The molecular formula is C24H29ClN4O2. The van der Waals surface area contributed by atoms with Crippen molar-refractivity contribution in [3.05, 3.63) is 53.6 Å². The highest BCUT2D eigenvalue weighted by molar-refractivity contribution is 6.30. The summed E-state index contributed by atoms with van der Waals surface area (Å²) in [6, 6.07) is 14.1. The first-order chi connectivity index (χ1) is 14.8. The van der Waals surface area contributed by atoms with Crippen molar-refractivity contribution in [1.29, 1.82) is 0 Å². The molecule has 164 valence electrons. The lowest BCUT2D eigenvalue weighted by Gasteiger charge is -2.33. The van der Waals surface area contributed by atoms with Gasteiger partial charge < -0.3 is 20.4 Å². The predicted molar refractivity (Wildman–Crippen MR) is 126 cm³/mol. The summed E-state index contributed by atoms with van der Waals surface area (Å²) in [7, 11) is 0. The third-order valence-corrected chi connectivity index (χ3v) is 6.30. The van der Waals surface area contributed by atoms with Crippen molar-refractivity contribution in [2.75, 3.05) is 34.8 Å². The summed E-state index contributed by atoms with van der Waals surface area (Å²) >= 11 is 5.88. The second-order valence-corrected chi connectivity index (χ2v) is 9.58. The maximum Gasteiger partial charge on any atom is 0.319 e. The molecule has 7 heteroatoms. The number of carbonyl (C=O) groups excluding carboxylic acids is 2. The third kappa shape index (κ3) is 5.13. The van der Waals surface area contributed by atoms with E-state index in [-0.39, 0.29) is 5.91 Å². The van der Waals surface area contributed by atoms with Crippen molar-refractivity contribution < 1.29 is 9.59 Å². The molecule has 2 heterocycles. The molecule has 3 amide bonds. The Hall–Kier alpha value is -2.73. The van der Waals surface area contributed by atoms with Crippen LogP contribution in [0.1, 0.15) is 33.1 Å². The zero-order chi connectivity index (χ0) is 22.0. The van der Waals surface area contributed by atoms with Crippen molar-refractivity contribution in [3.63, 3.8) is 0 Å². The third-order valence-electron chi connectivity index (χ3n) is 6.05. The Bertz CT molecular complexity index is 943. The molecule has 31 heavy (non-hydrogen) atoms. The number of halogens is 1. The van der Waals surface area contributed by atoms with Crippen molar-refractivity contribution >= 4 is 40.6 Å². The Balaban J connectivity index is 1.38. The van der Waals surface area contributed by atoms with Crippen LogP contribution in [0, 0.1) is 5.41 Å². The number of benzene rings is 2. The summed E-state index contributed by atoms with van der Waals surface area (Å²) < 4.78 is 0. The largest absolute Gasteiger partial charge is 0.371 e. The minimum absolute atomic E-state index is 0.0763. The number of nitrogens with zero attached hydrogens (tertiary/aromatic N) is 2. The van der Waals surface area contributed by atoms with E-state index in [9.17, 15) is 9.59 Å². The van der Waals surface area contributed by atoms with Crippen LogP contribution in [0.4, 0.5) is 21.9 Å². The van der Waals surface area contributed by atoms with Gasteiger partial charge in [-0.05, 0) is 73.2 Å². The summed E-state index contributed by atoms with van der Waals surface area (Å²) in [6.45, 7) is 7.35. The van der Waals surface area contributed by atoms with Gasteiger partial charge in [-0.15, -0.1) is 0 Å². The van der Waals surface area contributed by atoms with Crippen LogP contribution in [0.15, 0.2) is 48.5 Å². The molecule has 2 aromatic rings. The lowest BCUT2D eigenvalue weighted by atomic mass is 9.93. The number of urea groups is 1. The fourth-order valence-electron chi connectivity index (χ4n) is 4.30. The topological polar surface area (TPSA) is 64.7 Å². The molecule has 0 aliphatic carbocycles. The highest BCUT2D eigenvalue weighted by atomic mass is 35.5. The van der Waals surface area contributed by atoms with E-state index in [0.717, 1.165) is 25.2 Å². The monoisotopic (exact) mass is 440 g/mol. The zero-order valence-corrected chi connectivity index (χ0v) is 18.8. The second-order valence-electron chi connectivity index (χ2n) is 9.14. The smallest absolute Gasteiger partial charge is 0.319 e. The fourth-order valence-corrected chi connectivity index (χ4v) is 4.43. The number of amides is 3. The molecule has 0 bridgehead atoms. The Morgan fingerprint density at radius 3 is 2.35 bits per heavy atom. The van der Waals surface area contributed by atoms with Gasteiger partial charge in [0.2, 0.25) is 5.91 Å². The SMILES string of the molecule is CC1(C)CCN(c2ccc(N3CCCC(NC(=O)Nc4ccc(Cl)cc4)C3=O)cc2)C1. The standard InChI is InChI=1S/C24H29ClN4O2/c1-24(2)13-15-28(16-24)19-9-11-20(12-10-19)29-14-3-4-21(22(29)30)27-23(31)26-18-7-5-17(25)6-8-18/h5-12,21H,3-4,13-16H2,1-2H3,(H2,26,27,31). The molecule has 1 atom stereocenters. The molecule has 0 spiro atoms. The highest BCUT2D eigenvalue weighted by Gasteiger charge is 2.32. The molecule has 0 radical (unpaired) electrons.